The van der Waals surface area contributed by atoms with Crippen LogP contribution in [0.5, 0.6) is 0 Å². The first-order valence-electron chi connectivity index (χ1n) is 8.71. The molecule has 3 N–H and O–H groups in total. The van der Waals surface area contributed by atoms with Gasteiger partial charge in [-0.3, -0.25) is 14.4 Å². The van der Waals surface area contributed by atoms with E-state index in [1.54, 1.807) is 11.7 Å². The van der Waals surface area contributed by atoms with Gasteiger partial charge in [0.05, 0.1) is 6.04 Å². The van der Waals surface area contributed by atoms with Crippen molar-refractivity contribution < 1.29 is 9.32 Å². The number of nitrogens with zero attached hydrogens (tertiary/aromatic N) is 4. The summed E-state index contributed by atoms with van der Waals surface area (Å²) in [5.74, 6) is 0.692. The van der Waals surface area contributed by atoms with Crippen LogP contribution in [0.2, 0.25) is 5.15 Å². The van der Waals surface area contributed by atoms with E-state index in [1.165, 1.54) is 0 Å². The molecule has 9 heteroatoms. The molecule has 0 spiro atoms. The average Bonchev–Trinajstić information content (AvgIpc) is 3.21. The van der Waals surface area contributed by atoms with E-state index in [1.807, 2.05) is 26.8 Å². The summed E-state index contributed by atoms with van der Waals surface area (Å²) in [5.41, 5.74) is 8.25. The van der Waals surface area contributed by atoms with E-state index in [9.17, 15) is 4.79 Å². The summed E-state index contributed by atoms with van der Waals surface area (Å²) in [7, 11) is 1.78. The summed E-state index contributed by atoms with van der Waals surface area (Å²) in [6.07, 6.45) is 0.620. The molecule has 0 unspecified atom stereocenters. The maximum Gasteiger partial charge on any atom is 0.237 e. The molecule has 0 radical (unpaired) electrons. The molecule has 3 rings (SSSR count). The molecule has 0 aromatic carbocycles. The quantitative estimate of drug-likeness (QED) is 0.814. The normalized spacial score (nSPS) is 20.9. The minimum Gasteiger partial charge on any atom is -0.361 e. The number of likely N-dealkylation sites (tertiary alicyclic amines) is 1. The molecule has 3 heterocycles. The topological polar surface area (TPSA) is 102 Å². The summed E-state index contributed by atoms with van der Waals surface area (Å²) in [6, 6.07) is 1.57. The van der Waals surface area contributed by atoms with E-state index in [0.29, 0.717) is 41.8 Å². The molecule has 1 saturated heterocycles. The van der Waals surface area contributed by atoms with Crippen LogP contribution in [0.1, 0.15) is 31.6 Å². The predicted molar refractivity (Wildman–Crippen MR) is 98.5 cm³/mol. The van der Waals surface area contributed by atoms with Crippen molar-refractivity contribution in [1.82, 2.24) is 25.2 Å². The molecular formula is C17H25ClN6O2. The molecule has 1 amide bonds. The third-order valence-electron chi connectivity index (χ3n) is 4.47. The lowest BCUT2D eigenvalue weighted by Crippen LogP contribution is -2.45. The number of amides is 1. The third kappa shape index (κ3) is 3.77. The van der Waals surface area contributed by atoms with Gasteiger partial charge >= 0.3 is 0 Å². The second-order valence-corrected chi connectivity index (χ2v) is 7.53. The Hall–Kier alpha value is -1.90. The van der Waals surface area contributed by atoms with E-state index >= 15 is 0 Å². The monoisotopic (exact) mass is 380 g/mol. The van der Waals surface area contributed by atoms with Gasteiger partial charge in [-0.15, -0.1) is 0 Å². The lowest BCUT2D eigenvalue weighted by molar-refractivity contribution is -0.126. The van der Waals surface area contributed by atoms with Gasteiger partial charge in [-0.05, 0) is 27.2 Å². The Morgan fingerprint density at radius 3 is 2.88 bits per heavy atom. The lowest BCUT2D eigenvalue weighted by Gasteiger charge is -2.24. The Morgan fingerprint density at radius 2 is 2.27 bits per heavy atom. The first-order chi connectivity index (χ1) is 12.3. The van der Waals surface area contributed by atoms with Gasteiger partial charge in [-0.2, -0.15) is 5.10 Å². The zero-order valence-corrected chi connectivity index (χ0v) is 16.2. The number of nitrogens with two attached hydrogens (primary N) is 1. The van der Waals surface area contributed by atoms with Crippen LogP contribution in [0.15, 0.2) is 10.6 Å². The molecule has 0 bridgehead atoms. The van der Waals surface area contributed by atoms with E-state index in [2.05, 4.69) is 20.5 Å². The van der Waals surface area contributed by atoms with Gasteiger partial charge in [0.15, 0.2) is 0 Å². The second-order valence-electron chi connectivity index (χ2n) is 7.17. The Balaban J connectivity index is 1.89. The number of aryl methyl sites for hydroxylation is 2. The number of hydrogen-bond acceptors (Lipinski definition) is 6. The Morgan fingerprint density at radius 1 is 1.54 bits per heavy atom. The smallest absolute Gasteiger partial charge is 0.237 e. The molecule has 2 aromatic rings. The minimum atomic E-state index is -0.282. The summed E-state index contributed by atoms with van der Waals surface area (Å²) < 4.78 is 6.78. The van der Waals surface area contributed by atoms with Gasteiger partial charge in [0.1, 0.15) is 22.3 Å². The number of aromatic nitrogens is 3. The van der Waals surface area contributed by atoms with Gasteiger partial charge < -0.3 is 15.6 Å². The number of halogens is 1. The number of carbonyl (C=O) groups excluding carboxylic acids is 1. The van der Waals surface area contributed by atoms with Crippen molar-refractivity contribution >= 4 is 17.5 Å². The highest BCUT2D eigenvalue weighted by Crippen LogP contribution is 2.31. The van der Waals surface area contributed by atoms with Crippen molar-refractivity contribution in [2.24, 2.45) is 12.8 Å². The molecule has 142 valence electrons. The van der Waals surface area contributed by atoms with Crippen molar-refractivity contribution in [2.45, 2.75) is 51.9 Å². The van der Waals surface area contributed by atoms with Crippen LogP contribution >= 0.6 is 11.6 Å². The lowest BCUT2D eigenvalue weighted by atomic mass is 10.1. The number of nitrogens with one attached hydrogen (secondary N) is 1. The van der Waals surface area contributed by atoms with Crippen molar-refractivity contribution in [1.29, 1.82) is 0 Å². The van der Waals surface area contributed by atoms with Crippen molar-refractivity contribution in [3.63, 3.8) is 0 Å². The molecule has 26 heavy (non-hydrogen) atoms. The maximum absolute atomic E-state index is 12.6. The Labute approximate surface area is 157 Å². The van der Waals surface area contributed by atoms with Crippen LogP contribution in [0.4, 0.5) is 0 Å². The zero-order valence-electron chi connectivity index (χ0n) is 15.5. The van der Waals surface area contributed by atoms with Crippen LogP contribution in [0.3, 0.4) is 0 Å². The average molecular weight is 381 g/mol. The Kier molecular flexibility index (Phi) is 5.36. The first-order valence-corrected chi connectivity index (χ1v) is 9.09. The molecule has 8 nitrogen and oxygen atoms in total. The fraction of sp³-hybridized carbons (Fsp3) is 0.588. The minimum absolute atomic E-state index is 0.00760. The molecule has 0 aliphatic carbocycles. The second kappa shape index (κ2) is 7.38. The molecule has 2 atom stereocenters. The molecular weight excluding hydrogens is 356 g/mol. The fourth-order valence-electron chi connectivity index (χ4n) is 3.34. The van der Waals surface area contributed by atoms with E-state index in [4.69, 9.17) is 21.9 Å². The van der Waals surface area contributed by atoms with Crippen LogP contribution in [-0.2, 0) is 18.4 Å². The molecule has 1 aliphatic rings. The van der Waals surface area contributed by atoms with E-state index in [0.717, 1.165) is 5.56 Å². The van der Waals surface area contributed by atoms with Gasteiger partial charge in [0.25, 0.3) is 0 Å². The summed E-state index contributed by atoms with van der Waals surface area (Å²) in [4.78, 5) is 14.6. The molecule has 1 aliphatic heterocycles. The SMILES string of the molecule is Cc1cc(-c2nn(C)c(Cl)c2CN2C[C@H](N)C[C@H]2C(=O)NC(C)C)no1. The summed E-state index contributed by atoms with van der Waals surface area (Å²) >= 11 is 6.48. The highest BCUT2D eigenvalue weighted by Gasteiger charge is 2.36. The van der Waals surface area contributed by atoms with Gasteiger partial charge in [0.2, 0.25) is 5.91 Å². The van der Waals surface area contributed by atoms with Crippen LogP contribution in [-0.4, -0.2) is 50.4 Å². The van der Waals surface area contributed by atoms with E-state index in [-0.39, 0.29) is 24.0 Å². The van der Waals surface area contributed by atoms with Crippen molar-refractivity contribution in [3.05, 3.63) is 22.5 Å². The van der Waals surface area contributed by atoms with Crippen molar-refractivity contribution in [3.8, 4) is 11.4 Å². The van der Waals surface area contributed by atoms with Gasteiger partial charge in [-0.1, -0.05) is 16.8 Å². The standard InChI is InChI=1S/C17H25ClN6O2/c1-9(2)20-17(25)14-6-11(19)7-24(14)8-12-15(21-23(4)16(12)18)13-5-10(3)26-22-13/h5,9,11,14H,6-8,19H2,1-4H3,(H,20,25)/t11-,14+/m1/s1. The van der Waals surface area contributed by atoms with E-state index < -0.39 is 0 Å². The summed E-state index contributed by atoms with van der Waals surface area (Å²) in [5, 5.41) is 12.0. The first kappa shape index (κ1) is 18.9. The highest BCUT2D eigenvalue weighted by atomic mass is 35.5. The molecule has 1 fully saturated rings. The largest absolute Gasteiger partial charge is 0.361 e. The van der Waals surface area contributed by atoms with Crippen LogP contribution < -0.4 is 11.1 Å². The predicted octanol–water partition coefficient (Wildman–Crippen LogP) is 1.46. The fourth-order valence-corrected chi connectivity index (χ4v) is 3.53. The van der Waals surface area contributed by atoms with Gasteiger partial charge in [0, 0.05) is 43.9 Å². The van der Waals surface area contributed by atoms with Crippen LogP contribution in [0, 0.1) is 6.92 Å². The zero-order chi connectivity index (χ0) is 19.0. The summed E-state index contributed by atoms with van der Waals surface area (Å²) in [6.45, 7) is 6.81. The molecule has 0 saturated carbocycles. The van der Waals surface area contributed by atoms with Gasteiger partial charge in [-0.25, -0.2) is 0 Å². The molecule has 2 aromatic heterocycles. The van der Waals surface area contributed by atoms with Crippen molar-refractivity contribution in [2.75, 3.05) is 6.54 Å². The third-order valence-corrected chi connectivity index (χ3v) is 4.94. The number of hydrogen-bond donors (Lipinski definition) is 2. The highest BCUT2D eigenvalue weighted by molar-refractivity contribution is 6.30. The van der Waals surface area contributed by atoms with Crippen LogP contribution in [0.25, 0.3) is 11.4 Å². The Bertz CT molecular complexity index is 799. The number of rotatable bonds is 5. The maximum atomic E-state index is 12.6. The number of carbonyl (C=O) groups is 1.